The number of aliphatic imine (C=N–C) groups is 1. The number of rotatable bonds is 4. The lowest BCUT2D eigenvalue weighted by molar-refractivity contribution is 0.208. The van der Waals surface area contributed by atoms with Gasteiger partial charge in [-0.25, -0.2) is 5.84 Å². The normalized spacial score (nSPS) is 11.8. The van der Waals surface area contributed by atoms with Crippen molar-refractivity contribution >= 4 is 16.7 Å². The van der Waals surface area contributed by atoms with Crippen molar-refractivity contribution in [2.24, 2.45) is 10.8 Å². The molecular formula is C13H16N4O. The SMILES string of the molecule is COCCN=C(NN)c1ccnc2ccccc12. The predicted molar refractivity (Wildman–Crippen MR) is 72.3 cm³/mol. The van der Waals surface area contributed by atoms with Gasteiger partial charge in [0.1, 0.15) is 5.84 Å². The summed E-state index contributed by atoms with van der Waals surface area (Å²) in [5.74, 6) is 6.18. The predicted octanol–water partition coefficient (Wildman–Crippen LogP) is 1.09. The number of amidine groups is 1. The van der Waals surface area contributed by atoms with Crippen LogP contribution in [0.3, 0.4) is 0 Å². The van der Waals surface area contributed by atoms with Crippen LogP contribution >= 0.6 is 0 Å². The van der Waals surface area contributed by atoms with Crippen LogP contribution in [0.5, 0.6) is 0 Å². The van der Waals surface area contributed by atoms with Gasteiger partial charge in [-0.2, -0.15) is 0 Å². The second-order valence-electron chi connectivity index (χ2n) is 3.74. The molecule has 0 aliphatic carbocycles. The molecule has 2 aromatic rings. The number of benzene rings is 1. The number of fused-ring (bicyclic) bond motifs is 1. The van der Waals surface area contributed by atoms with Gasteiger partial charge in [0.2, 0.25) is 0 Å². The number of nitrogens with one attached hydrogen (secondary N) is 1. The van der Waals surface area contributed by atoms with Gasteiger partial charge in [0, 0.05) is 24.3 Å². The van der Waals surface area contributed by atoms with Crippen LogP contribution in [-0.4, -0.2) is 31.1 Å². The average Bonchev–Trinajstić information content (AvgIpc) is 2.43. The van der Waals surface area contributed by atoms with E-state index in [1.54, 1.807) is 13.3 Å². The lowest BCUT2D eigenvalue weighted by Gasteiger charge is -2.08. The maximum absolute atomic E-state index is 5.54. The minimum atomic E-state index is 0.562. The van der Waals surface area contributed by atoms with E-state index in [-0.39, 0.29) is 0 Å². The van der Waals surface area contributed by atoms with Crippen molar-refractivity contribution < 1.29 is 4.74 Å². The molecule has 0 amide bonds. The molecule has 18 heavy (non-hydrogen) atoms. The van der Waals surface area contributed by atoms with E-state index in [0.717, 1.165) is 16.5 Å². The summed E-state index contributed by atoms with van der Waals surface area (Å²) < 4.78 is 4.97. The second-order valence-corrected chi connectivity index (χ2v) is 3.74. The molecule has 1 aromatic carbocycles. The molecule has 0 fully saturated rings. The van der Waals surface area contributed by atoms with E-state index in [1.807, 2.05) is 30.3 Å². The van der Waals surface area contributed by atoms with Gasteiger partial charge in [0.15, 0.2) is 0 Å². The maximum atomic E-state index is 5.54. The van der Waals surface area contributed by atoms with Gasteiger partial charge in [0.05, 0.1) is 18.7 Å². The Labute approximate surface area is 106 Å². The van der Waals surface area contributed by atoms with Crippen LogP contribution in [0, 0.1) is 0 Å². The molecule has 0 unspecified atom stereocenters. The van der Waals surface area contributed by atoms with Gasteiger partial charge in [-0.3, -0.25) is 9.98 Å². The standard InChI is InChI=1S/C13H16N4O/c1-18-9-8-16-13(17-14)11-6-7-15-12-5-3-2-4-10(11)12/h2-7H,8-9,14H2,1H3,(H,16,17). The molecule has 1 heterocycles. The van der Waals surface area contributed by atoms with Gasteiger partial charge < -0.3 is 10.2 Å². The molecule has 2 rings (SSSR count). The van der Waals surface area contributed by atoms with E-state index >= 15 is 0 Å². The monoisotopic (exact) mass is 244 g/mol. The minimum Gasteiger partial charge on any atom is -0.383 e. The number of hydrazine groups is 1. The Morgan fingerprint density at radius 3 is 3.00 bits per heavy atom. The average molecular weight is 244 g/mol. The highest BCUT2D eigenvalue weighted by molar-refractivity contribution is 6.08. The Bertz CT molecular complexity index is 548. The van der Waals surface area contributed by atoms with Crippen molar-refractivity contribution in [3.05, 3.63) is 42.1 Å². The number of nitrogens with two attached hydrogens (primary N) is 1. The Balaban J connectivity index is 2.42. The van der Waals surface area contributed by atoms with Crippen LogP contribution < -0.4 is 11.3 Å². The summed E-state index contributed by atoms with van der Waals surface area (Å²) in [6, 6.07) is 9.78. The summed E-state index contributed by atoms with van der Waals surface area (Å²) in [5, 5.41) is 1.02. The first-order valence-electron chi connectivity index (χ1n) is 5.71. The zero-order valence-corrected chi connectivity index (χ0v) is 10.3. The molecule has 5 nitrogen and oxygen atoms in total. The van der Waals surface area contributed by atoms with E-state index < -0.39 is 0 Å². The molecule has 0 saturated heterocycles. The number of ether oxygens (including phenoxy) is 1. The fraction of sp³-hybridized carbons (Fsp3) is 0.231. The van der Waals surface area contributed by atoms with Crippen LogP contribution in [0.4, 0.5) is 0 Å². The van der Waals surface area contributed by atoms with E-state index in [0.29, 0.717) is 19.0 Å². The molecule has 5 heteroatoms. The van der Waals surface area contributed by atoms with E-state index in [9.17, 15) is 0 Å². The molecule has 0 aliphatic heterocycles. The van der Waals surface area contributed by atoms with Crippen molar-refractivity contribution in [3.8, 4) is 0 Å². The van der Waals surface area contributed by atoms with Gasteiger partial charge in [0.25, 0.3) is 0 Å². The van der Waals surface area contributed by atoms with Crippen LogP contribution in [0.25, 0.3) is 10.9 Å². The number of methoxy groups -OCH3 is 1. The Kier molecular flexibility index (Phi) is 4.22. The number of aromatic nitrogens is 1. The Morgan fingerprint density at radius 1 is 1.39 bits per heavy atom. The number of hydrogen-bond acceptors (Lipinski definition) is 4. The molecule has 0 atom stereocenters. The highest BCUT2D eigenvalue weighted by Crippen LogP contribution is 2.16. The summed E-state index contributed by atoms with van der Waals surface area (Å²) >= 11 is 0. The van der Waals surface area contributed by atoms with E-state index in [1.165, 1.54) is 0 Å². The smallest absolute Gasteiger partial charge is 0.143 e. The minimum absolute atomic E-state index is 0.562. The van der Waals surface area contributed by atoms with Crippen LogP contribution in [0.15, 0.2) is 41.5 Å². The third-order valence-corrected chi connectivity index (χ3v) is 2.61. The second kappa shape index (κ2) is 6.09. The van der Waals surface area contributed by atoms with Crippen LogP contribution in [-0.2, 0) is 4.74 Å². The molecular weight excluding hydrogens is 228 g/mol. The lowest BCUT2D eigenvalue weighted by atomic mass is 10.1. The quantitative estimate of drug-likeness (QED) is 0.278. The van der Waals surface area contributed by atoms with Crippen molar-refractivity contribution in [1.29, 1.82) is 0 Å². The third-order valence-electron chi connectivity index (χ3n) is 2.61. The molecule has 0 saturated carbocycles. The summed E-state index contributed by atoms with van der Waals surface area (Å²) in [6.07, 6.45) is 1.75. The fourth-order valence-electron chi connectivity index (χ4n) is 1.76. The molecule has 94 valence electrons. The molecule has 0 bridgehead atoms. The van der Waals surface area contributed by atoms with Gasteiger partial charge in [-0.15, -0.1) is 0 Å². The van der Waals surface area contributed by atoms with Crippen molar-refractivity contribution in [2.45, 2.75) is 0 Å². The summed E-state index contributed by atoms with van der Waals surface area (Å²) in [7, 11) is 1.65. The summed E-state index contributed by atoms with van der Waals surface area (Å²) in [4.78, 5) is 8.69. The Morgan fingerprint density at radius 2 is 2.22 bits per heavy atom. The van der Waals surface area contributed by atoms with Crippen molar-refractivity contribution in [1.82, 2.24) is 10.4 Å². The highest BCUT2D eigenvalue weighted by Gasteiger charge is 2.06. The summed E-state index contributed by atoms with van der Waals surface area (Å²) in [5.41, 5.74) is 4.50. The highest BCUT2D eigenvalue weighted by atomic mass is 16.5. The summed E-state index contributed by atoms with van der Waals surface area (Å²) in [6.45, 7) is 1.13. The maximum Gasteiger partial charge on any atom is 0.143 e. The number of nitrogens with zero attached hydrogens (tertiary/aromatic N) is 2. The Hall–Kier alpha value is -1.98. The number of pyridine rings is 1. The topological polar surface area (TPSA) is 72.5 Å². The first kappa shape index (κ1) is 12.5. The van der Waals surface area contributed by atoms with Crippen molar-refractivity contribution in [2.75, 3.05) is 20.3 Å². The first-order chi connectivity index (χ1) is 8.86. The van der Waals surface area contributed by atoms with Gasteiger partial charge in [-0.05, 0) is 12.1 Å². The largest absolute Gasteiger partial charge is 0.383 e. The lowest BCUT2D eigenvalue weighted by Crippen LogP contribution is -2.31. The fourth-order valence-corrected chi connectivity index (χ4v) is 1.76. The van der Waals surface area contributed by atoms with Gasteiger partial charge in [-0.1, -0.05) is 18.2 Å². The molecule has 1 aromatic heterocycles. The first-order valence-corrected chi connectivity index (χ1v) is 5.71. The number of hydrogen-bond donors (Lipinski definition) is 2. The zero-order chi connectivity index (χ0) is 12.8. The zero-order valence-electron chi connectivity index (χ0n) is 10.3. The molecule has 3 N–H and O–H groups in total. The van der Waals surface area contributed by atoms with Crippen molar-refractivity contribution in [3.63, 3.8) is 0 Å². The molecule has 0 radical (unpaired) electrons. The molecule has 0 aliphatic rings. The van der Waals surface area contributed by atoms with Crippen LogP contribution in [0.2, 0.25) is 0 Å². The van der Waals surface area contributed by atoms with Crippen LogP contribution in [0.1, 0.15) is 5.56 Å². The van der Waals surface area contributed by atoms with E-state index in [2.05, 4.69) is 15.4 Å². The van der Waals surface area contributed by atoms with Gasteiger partial charge >= 0.3 is 0 Å². The molecule has 0 spiro atoms. The third kappa shape index (κ3) is 2.64. The number of para-hydroxylation sites is 1. The van der Waals surface area contributed by atoms with E-state index in [4.69, 9.17) is 10.6 Å².